The highest BCUT2D eigenvalue weighted by Gasteiger charge is 2.45. The van der Waals surface area contributed by atoms with E-state index in [1.54, 1.807) is 6.20 Å². The standard InChI is InChI=1S/C19H20N2O/c1-2-13-12-21-10-8-14(13)11-18(21)19(22)16-7-9-20-17-6-4-3-5-15(16)17/h2-7,9,13-14,18H,1,8,10-12H2/p+1/t13-,14-,18-/m1/s1. The molecule has 3 nitrogen and oxygen atoms in total. The third kappa shape index (κ3) is 2.08. The first-order valence-corrected chi connectivity index (χ1v) is 8.13. The monoisotopic (exact) mass is 293 g/mol. The maximum Gasteiger partial charge on any atom is 0.220 e. The minimum Gasteiger partial charge on any atom is -0.325 e. The van der Waals surface area contributed by atoms with Crippen LogP contribution in [0.4, 0.5) is 0 Å². The van der Waals surface area contributed by atoms with Crippen molar-refractivity contribution in [3.8, 4) is 0 Å². The fraction of sp³-hybridized carbons (Fsp3) is 0.368. The second-order valence-corrected chi connectivity index (χ2v) is 6.59. The number of nitrogens with zero attached hydrogens (tertiary/aromatic N) is 1. The highest BCUT2D eigenvalue weighted by atomic mass is 16.1. The Hall–Kier alpha value is -2.00. The molecule has 2 bridgehead atoms. The lowest BCUT2D eigenvalue weighted by Crippen LogP contribution is -3.20. The summed E-state index contributed by atoms with van der Waals surface area (Å²) in [6.45, 7) is 6.15. The molecule has 1 aromatic carbocycles. The van der Waals surface area contributed by atoms with E-state index in [0.29, 0.717) is 17.6 Å². The van der Waals surface area contributed by atoms with Gasteiger partial charge in [0.15, 0.2) is 6.04 Å². The number of carbonyl (C=O) groups excluding carboxylic acids is 1. The van der Waals surface area contributed by atoms with Crippen molar-refractivity contribution in [3.63, 3.8) is 0 Å². The van der Waals surface area contributed by atoms with Gasteiger partial charge in [-0.1, -0.05) is 24.3 Å². The van der Waals surface area contributed by atoms with Gasteiger partial charge in [0.25, 0.3) is 0 Å². The molecule has 3 fully saturated rings. The Balaban J connectivity index is 1.69. The van der Waals surface area contributed by atoms with Crippen LogP contribution in [0.5, 0.6) is 0 Å². The Bertz CT molecular complexity index is 734. The van der Waals surface area contributed by atoms with Crippen molar-refractivity contribution in [1.82, 2.24) is 4.98 Å². The number of benzene rings is 1. The summed E-state index contributed by atoms with van der Waals surface area (Å²) in [6, 6.07) is 9.93. The molecule has 3 aliphatic rings. The molecule has 4 atom stereocenters. The maximum absolute atomic E-state index is 13.1. The molecule has 0 spiro atoms. The molecular weight excluding hydrogens is 272 g/mol. The van der Waals surface area contributed by atoms with Crippen molar-refractivity contribution in [2.45, 2.75) is 18.9 Å². The molecule has 112 valence electrons. The highest BCUT2D eigenvalue weighted by molar-refractivity contribution is 6.09. The average molecular weight is 293 g/mol. The lowest BCUT2D eigenvalue weighted by molar-refractivity contribution is -0.935. The number of hydrogen-bond donors (Lipinski definition) is 1. The van der Waals surface area contributed by atoms with Crippen molar-refractivity contribution >= 4 is 16.7 Å². The molecule has 3 saturated heterocycles. The van der Waals surface area contributed by atoms with Gasteiger partial charge in [-0.05, 0) is 18.1 Å². The predicted molar refractivity (Wildman–Crippen MR) is 87.0 cm³/mol. The van der Waals surface area contributed by atoms with Gasteiger partial charge in [0.2, 0.25) is 5.78 Å². The Morgan fingerprint density at radius 2 is 2.18 bits per heavy atom. The van der Waals surface area contributed by atoms with Crippen molar-refractivity contribution in [1.29, 1.82) is 0 Å². The van der Waals surface area contributed by atoms with Crippen LogP contribution in [0, 0.1) is 11.8 Å². The molecule has 0 aliphatic carbocycles. The largest absolute Gasteiger partial charge is 0.325 e. The van der Waals surface area contributed by atoms with E-state index in [9.17, 15) is 4.79 Å². The van der Waals surface area contributed by atoms with Crippen molar-refractivity contribution < 1.29 is 9.69 Å². The summed E-state index contributed by atoms with van der Waals surface area (Å²) < 4.78 is 0. The lowest BCUT2D eigenvalue weighted by Gasteiger charge is -2.45. The Morgan fingerprint density at radius 3 is 2.95 bits per heavy atom. The highest BCUT2D eigenvalue weighted by Crippen LogP contribution is 2.29. The molecule has 4 heterocycles. The number of para-hydroxylation sites is 1. The summed E-state index contributed by atoms with van der Waals surface area (Å²) >= 11 is 0. The zero-order valence-electron chi connectivity index (χ0n) is 12.7. The Kier molecular flexibility index (Phi) is 3.30. The molecule has 3 aliphatic heterocycles. The zero-order valence-corrected chi connectivity index (χ0v) is 12.7. The van der Waals surface area contributed by atoms with Crippen molar-refractivity contribution in [2.75, 3.05) is 13.1 Å². The number of Topliss-reactive ketones (excluding diaryl/α,β-unsaturated/α-hetero) is 1. The fourth-order valence-electron chi connectivity index (χ4n) is 4.30. The number of rotatable bonds is 3. The number of piperidine rings is 3. The van der Waals surface area contributed by atoms with E-state index in [-0.39, 0.29) is 6.04 Å². The number of pyridine rings is 1. The van der Waals surface area contributed by atoms with Gasteiger partial charge in [0, 0.05) is 35.9 Å². The molecule has 22 heavy (non-hydrogen) atoms. The summed E-state index contributed by atoms with van der Waals surface area (Å²) in [4.78, 5) is 18.9. The van der Waals surface area contributed by atoms with Crippen LogP contribution in [0.3, 0.4) is 0 Å². The number of nitrogens with one attached hydrogen (secondary N) is 1. The average Bonchev–Trinajstić information content (AvgIpc) is 2.60. The van der Waals surface area contributed by atoms with E-state index < -0.39 is 0 Å². The van der Waals surface area contributed by atoms with Crippen LogP contribution in [0.2, 0.25) is 0 Å². The summed E-state index contributed by atoms with van der Waals surface area (Å²) in [6.07, 6.45) is 6.08. The van der Waals surface area contributed by atoms with E-state index in [1.807, 2.05) is 30.3 Å². The SMILES string of the molecule is C=C[C@@H]1C[NH+]2CC[C@@H]1C[C@@H]2C(=O)c1ccnc2ccccc12. The van der Waals surface area contributed by atoms with E-state index in [0.717, 1.165) is 36.0 Å². The predicted octanol–water partition coefficient (Wildman–Crippen LogP) is 1.90. The van der Waals surface area contributed by atoms with Gasteiger partial charge in [-0.3, -0.25) is 9.78 Å². The van der Waals surface area contributed by atoms with Gasteiger partial charge in [0.05, 0.1) is 18.6 Å². The van der Waals surface area contributed by atoms with Crippen LogP contribution in [0.25, 0.3) is 10.9 Å². The minimum atomic E-state index is 0.112. The lowest BCUT2D eigenvalue weighted by atomic mass is 9.74. The van der Waals surface area contributed by atoms with E-state index >= 15 is 0 Å². The molecule has 5 rings (SSSR count). The Labute approximate surface area is 130 Å². The second-order valence-electron chi connectivity index (χ2n) is 6.59. The molecule has 3 heteroatoms. The fourth-order valence-corrected chi connectivity index (χ4v) is 4.30. The van der Waals surface area contributed by atoms with Crippen molar-refractivity contribution in [3.05, 3.63) is 54.7 Å². The van der Waals surface area contributed by atoms with Crippen LogP contribution in [-0.2, 0) is 0 Å². The first-order valence-electron chi connectivity index (χ1n) is 8.13. The van der Waals surface area contributed by atoms with Crippen LogP contribution in [0.15, 0.2) is 49.2 Å². The number of aromatic nitrogens is 1. The van der Waals surface area contributed by atoms with Crippen LogP contribution in [-0.4, -0.2) is 29.9 Å². The van der Waals surface area contributed by atoms with E-state index in [4.69, 9.17) is 0 Å². The second kappa shape index (κ2) is 5.33. The first-order chi connectivity index (χ1) is 10.8. The number of carbonyl (C=O) groups is 1. The summed E-state index contributed by atoms with van der Waals surface area (Å²) in [5.41, 5.74) is 1.74. The number of ketones is 1. The number of hydrogen-bond acceptors (Lipinski definition) is 2. The molecule has 2 aromatic rings. The summed E-state index contributed by atoms with van der Waals surface area (Å²) in [5.74, 6) is 1.51. The minimum absolute atomic E-state index is 0.112. The molecule has 0 saturated carbocycles. The van der Waals surface area contributed by atoms with Gasteiger partial charge in [-0.2, -0.15) is 0 Å². The van der Waals surface area contributed by atoms with Gasteiger partial charge in [-0.25, -0.2) is 0 Å². The van der Waals surface area contributed by atoms with Crippen LogP contribution in [0.1, 0.15) is 23.2 Å². The Morgan fingerprint density at radius 1 is 1.32 bits per heavy atom. The molecule has 1 aromatic heterocycles. The summed E-state index contributed by atoms with van der Waals surface area (Å²) in [7, 11) is 0. The van der Waals surface area contributed by atoms with Gasteiger partial charge in [-0.15, -0.1) is 6.58 Å². The van der Waals surface area contributed by atoms with Crippen LogP contribution < -0.4 is 4.90 Å². The van der Waals surface area contributed by atoms with Gasteiger partial charge >= 0.3 is 0 Å². The van der Waals surface area contributed by atoms with Crippen LogP contribution >= 0.6 is 0 Å². The normalized spacial score (nSPS) is 30.4. The third-order valence-electron chi connectivity index (χ3n) is 5.50. The molecule has 1 N–H and O–H groups in total. The van der Waals surface area contributed by atoms with Gasteiger partial charge < -0.3 is 4.90 Å². The topological polar surface area (TPSA) is 34.4 Å². The quantitative estimate of drug-likeness (QED) is 0.693. The molecule has 1 unspecified atom stereocenters. The summed E-state index contributed by atoms with van der Waals surface area (Å²) in [5, 5.41) is 0.984. The number of quaternary nitrogens is 1. The zero-order chi connectivity index (χ0) is 15.1. The van der Waals surface area contributed by atoms with E-state index in [2.05, 4.69) is 17.6 Å². The third-order valence-corrected chi connectivity index (χ3v) is 5.50. The van der Waals surface area contributed by atoms with Crippen molar-refractivity contribution in [2.24, 2.45) is 11.8 Å². The first kappa shape index (κ1) is 13.6. The molecular formula is C19H21N2O+. The number of fused-ring (bicyclic) bond motifs is 4. The smallest absolute Gasteiger partial charge is 0.220 e. The van der Waals surface area contributed by atoms with E-state index in [1.165, 1.54) is 11.3 Å². The van der Waals surface area contributed by atoms with Gasteiger partial charge in [0.1, 0.15) is 0 Å². The molecule has 0 amide bonds. The molecule has 0 radical (unpaired) electrons. The maximum atomic E-state index is 13.1.